The van der Waals surface area contributed by atoms with Gasteiger partial charge in [-0.3, -0.25) is 4.79 Å². The van der Waals surface area contributed by atoms with Crippen molar-refractivity contribution < 1.29 is 19.9 Å². The van der Waals surface area contributed by atoms with Crippen LogP contribution >= 0.6 is 0 Å². The summed E-state index contributed by atoms with van der Waals surface area (Å²) in [4.78, 5) is 14.1. The maximum absolute atomic E-state index is 12.5. The van der Waals surface area contributed by atoms with Crippen molar-refractivity contribution in [3.05, 3.63) is 0 Å². The number of likely N-dealkylation sites (tertiary alicyclic amines) is 1. The fraction of sp³-hybridized carbons (Fsp3) is 0.938. The highest BCUT2D eigenvalue weighted by Crippen LogP contribution is 2.57. The largest absolute Gasteiger partial charge is 0.475 e. The molecule has 5 atom stereocenters. The Morgan fingerprint density at radius 3 is 2.52 bits per heavy atom. The lowest BCUT2D eigenvalue weighted by Crippen LogP contribution is -2.65. The zero-order chi connectivity index (χ0) is 16.2. The lowest BCUT2D eigenvalue weighted by atomic mass is 9.51. The van der Waals surface area contributed by atoms with Crippen LogP contribution in [0.2, 0.25) is 0 Å². The average Bonchev–Trinajstić information content (AvgIpc) is 2.91. The summed E-state index contributed by atoms with van der Waals surface area (Å²) in [7, 11) is -1.46. The monoisotopic (exact) mass is 322 g/mol. The Balaban J connectivity index is 1.40. The predicted octanol–water partition coefficient (Wildman–Crippen LogP) is -0.337. The molecular weight excluding hydrogens is 295 g/mol. The zero-order valence-electron chi connectivity index (χ0n) is 13.6. The Hall–Kier alpha value is -0.625. The van der Waals surface area contributed by atoms with Crippen molar-refractivity contribution in [2.45, 2.75) is 68.4 Å². The molecule has 1 saturated heterocycles. The molecule has 5 fully saturated rings. The molecule has 1 aliphatic heterocycles. The standard InChI is InChI=1S/C16H27BN2O4/c20-14(19-3-1-2-13(19)17(22)23)9-18-15-5-11-4-12(6-15)8-16(21,7-11)10-15/h11-13,18,21-23H,1-10H2/t11-,12+,13?,15?,16?. The fourth-order valence-corrected chi connectivity index (χ4v) is 6.20. The van der Waals surface area contributed by atoms with Crippen molar-refractivity contribution in [2.75, 3.05) is 13.1 Å². The molecule has 1 amide bonds. The van der Waals surface area contributed by atoms with Crippen molar-refractivity contribution in [3.8, 4) is 0 Å². The summed E-state index contributed by atoms with van der Waals surface area (Å²) in [5.74, 6) is 0.651. The average molecular weight is 322 g/mol. The number of nitrogens with zero attached hydrogens (tertiary/aromatic N) is 1. The molecular formula is C16H27BN2O4. The topological polar surface area (TPSA) is 93.0 Å². The van der Waals surface area contributed by atoms with Crippen LogP contribution in [-0.4, -0.2) is 63.3 Å². The zero-order valence-corrected chi connectivity index (χ0v) is 13.6. The van der Waals surface area contributed by atoms with E-state index in [1.54, 1.807) is 4.90 Å². The van der Waals surface area contributed by atoms with Crippen LogP contribution in [0.5, 0.6) is 0 Å². The van der Waals surface area contributed by atoms with E-state index in [1.807, 2.05) is 0 Å². The van der Waals surface area contributed by atoms with Gasteiger partial charge in [0.05, 0.1) is 18.1 Å². The van der Waals surface area contributed by atoms with Crippen LogP contribution in [0.15, 0.2) is 0 Å². The maximum Gasteiger partial charge on any atom is 0.475 e. The summed E-state index contributed by atoms with van der Waals surface area (Å²) in [6.45, 7) is 0.837. The van der Waals surface area contributed by atoms with Crippen molar-refractivity contribution >= 4 is 13.0 Å². The third kappa shape index (κ3) is 2.82. The third-order valence-corrected chi connectivity index (χ3v) is 6.61. The molecule has 4 aliphatic carbocycles. The molecule has 0 aromatic carbocycles. The molecule has 4 bridgehead atoms. The number of rotatable bonds is 4. The van der Waals surface area contributed by atoms with Crippen molar-refractivity contribution in [3.63, 3.8) is 0 Å². The molecule has 6 nitrogen and oxygen atoms in total. The number of nitrogens with one attached hydrogen (secondary N) is 1. The van der Waals surface area contributed by atoms with Crippen LogP contribution in [0.3, 0.4) is 0 Å². The van der Waals surface area contributed by atoms with E-state index in [1.165, 1.54) is 6.42 Å². The molecule has 0 aromatic heterocycles. The van der Waals surface area contributed by atoms with Crippen LogP contribution in [0.4, 0.5) is 0 Å². The van der Waals surface area contributed by atoms with Crippen LogP contribution in [0.25, 0.3) is 0 Å². The molecule has 128 valence electrons. The van der Waals surface area contributed by atoms with E-state index >= 15 is 0 Å². The minimum atomic E-state index is -1.46. The highest BCUT2D eigenvalue weighted by molar-refractivity contribution is 6.43. The summed E-state index contributed by atoms with van der Waals surface area (Å²) >= 11 is 0. The molecule has 1 heterocycles. The van der Waals surface area contributed by atoms with Gasteiger partial charge in [0.2, 0.25) is 5.91 Å². The molecule has 3 unspecified atom stereocenters. The van der Waals surface area contributed by atoms with Crippen molar-refractivity contribution in [1.82, 2.24) is 10.2 Å². The molecule has 7 heteroatoms. The Bertz CT molecular complexity index is 486. The lowest BCUT2D eigenvalue weighted by Gasteiger charge is -2.60. The first-order chi connectivity index (χ1) is 10.9. The van der Waals surface area contributed by atoms with Crippen LogP contribution < -0.4 is 5.32 Å². The minimum Gasteiger partial charge on any atom is -0.426 e. The van der Waals surface area contributed by atoms with Crippen LogP contribution in [0, 0.1) is 11.8 Å². The molecule has 5 aliphatic rings. The van der Waals surface area contributed by atoms with Gasteiger partial charge in [0.1, 0.15) is 0 Å². The maximum atomic E-state index is 12.5. The van der Waals surface area contributed by atoms with Gasteiger partial charge >= 0.3 is 7.12 Å². The highest BCUT2D eigenvalue weighted by atomic mass is 16.4. The quantitative estimate of drug-likeness (QED) is 0.532. The number of carbonyl (C=O) groups is 1. The first kappa shape index (κ1) is 15.9. The minimum absolute atomic E-state index is 0.0525. The number of hydrogen-bond donors (Lipinski definition) is 4. The SMILES string of the molecule is O=C(CNC12C[C@@H]3C[C@@H](CC(O)(C3)C1)C2)N1CCCC1B(O)O. The normalized spacial score (nSPS) is 44.8. The summed E-state index contributed by atoms with van der Waals surface area (Å²) in [5.41, 5.74) is -0.626. The Morgan fingerprint density at radius 2 is 1.91 bits per heavy atom. The summed E-state index contributed by atoms with van der Waals surface area (Å²) in [6.07, 6.45) is 7.42. The van der Waals surface area contributed by atoms with Gasteiger partial charge in [-0.1, -0.05) is 0 Å². The smallest absolute Gasteiger partial charge is 0.426 e. The van der Waals surface area contributed by atoms with Gasteiger partial charge in [0.25, 0.3) is 0 Å². The van der Waals surface area contributed by atoms with E-state index in [-0.39, 0.29) is 18.0 Å². The number of hydrogen-bond acceptors (Lipinski definition) is 5. The first-order valence-corrected chi connectivity index (χ1v) is 9.01. The molecule has 0 spiro atoms. The number of amides is 1. The van der Waals surface area contributed by atoms with Gasteiger partial charge in [-0.25, -0.2) is 0 Å². The Kier molecular flexibility index (Phi) is 3.76. The van der Waals surface area contributed by atoms with Gasteiger partial charge in [-0.2, -0.15) is 0 Å². The van der Waals surface area contributed by atoms with E-state index in [9.17, 15) is 19.9 Å². The van der Waals surface area contributed by atoms with Crippen LogP contribution in [0.1, 0.15) is 51.4 Å². The van der Waals surface area contributed by atoms with E-state index in [0.29, 0.717) is 24.8 Å². The third-order valence-electron chi connectivity index (χ3n) is 6.61. The first-order valence-electron chi connectivity index (χ1n) is 9.01. The van der Waals surface area contributed by atoms with Gasteiger partial charge in [-0.15, -0.1) is 0 Å². The second-order valence-electron chi connectivity index (χ2n) is 8.53. The second kappa shape index (κ2) is 5.44. The van der Waals surface area contributed by atoms with Crippen LogP contribution in [-0.2, 0) is 4.79 Å². The summed E-state index contributed by atoms with van der Waals surface area (Å²) in [5, 5.41) is 33.1. The van der Waals surface area contributed by atoms with Gasteiger partial charge in [-0.05, 0) is 63.2 Å². The molecule has 23 heavy (non-hydrogen) atoms. The molecule has 0 aromatic rings. The van der Waals surface area contributed by atoms with E-state index in [4.69, 9.17) is 0 Å². The fourth-order valence-electron chi connectivity index (χ4n) is 6.20. The summed E-state index contributed by atoms with van der Waals surface area (Å²) < 4.78 is 0. The van der Waals surface area contributed by atoms with E-state index < -0.39 is 18.7 Å². The van der Waals surface area contributed by atoms with Crippen molar-refractivity contribution in [1.29, 1.82) is 0 Å². The van der Waals surface area contributed by atoms with Gasteiger partial charge in [0.15, 0.2) is 0 Å². The Labute approximate surface area is 137 Å². The molecule has 0 radical (unpaired) electrons. The Morgan fingerprint density at radius 1 is 1.22 bits per heavy atom. The van der Waals surface area contributed by atoms with Crippen molar-refractivity contribution in [2.24, 2.45) is 11.8 Å². The van der Waals surface area contributed by atoms with Gasteiger partial charge in [0, 0.05) is 12.1 Å². The highest BCUT2D eigenvalue weighted by Gasteiger charge is 2.57. The summed E-state index contributed by atoms with van der Waals surface area (Å²) in [6, 6.07) is 0. The molecule has 5 rings (SSSR count). The number of aliphatic hydroxyl groups is 1. The molecule has 4 saturated carbocycles. The van der Waals surface area contributed by atoms with Gasteiger partial charge < -0.3 is 25.4 Å². The molecule has 4 N–H and O–H groups in total. The lowest BCUT2D eigenvalue weighted by molar-refractivity contribution is -0.147. The van der Waals surface area contributed by atoms with E-state index in [2.05, 4.69) is 5.32 Å². The predicted molar refractivity (Wildman–Crippen MR) is 85.3 cm³/mol. The second-order valence-corrected chi connectivity index (χ2v) is 8.53. The van der Waals surface area contributed by atoms with E-state index in [0.717, 1.165) is 38.5 Å². The number of carbonyl (C=O) groups excluding carboxylic acids is 1.